The molecule has 0 unspecified atom stereocenters. The molecule has 1 fully saturated rings. The van der Waals surface area contributed by atoms with Gasteiger partial charge in [0.05, 0.1) is 17.1 Å². The monoisotopic (exact) mass is 439 g/mol. The molecule has 4 N–H and O–H groups in total. The molecule has 162 valence electrons. The fraction of sp³-hybridized carbons (Fsp3) is 0.348. The average molecular weight is 440 g/mol. The van der Waals surface area contributed by atoms with Crippen LogP contribution in [-0.4, -0.2) is 45.8 Å². The summed E-state index contributed by atoms with van der Waals surface area (Å²) in [5, 5.41) is 3.57. The number of likely N-dealkylation sites (tertiary alicyclic amines) is 1. The minimum Gasteiger partial charge on any atom is -0.342 e. The number of hydrogen-bond donors (Lipinski definition) is 3. The van der Waals surface area contributed by atoms with Crippen LogP contribution in [0.3, 0.4) is 0 Å². The second kappa shape index (κ2) is 8.69. The number of carbonyl (C=O) groups is 2. The van der Waals surface area contributed by atoms with Crippen molar-refractivity contribution in [1.29, 1.82) is 0 Å². The van der Waals surface area contributed by atoms with Gasteiger partial charge in [-0.15, -0.1) is 0 Å². The smallest absolute Gasteiger partial charge is 0.254 e. The van der Waals surface area contributed by atoms with E-state index in [0.717, 1.165) is 36.0 Å². The van der Waals surface area contributed by atoms with E-state index in [-0.39, 0.29) is 23.9 Å². The predicted octanol–water partition coefficient (Wildman–Crippen LogP) is 3.58. The summed E-state index contributed by atoms with van der Waals surface area (Å²) in [7, 11) is 0. The second-order valence-corrected chi connectivity index (χ2v) is 8.48. The Bertz CT molecular complexity index is 1140. The number of aromatic nitrogens is 2. The van der Waals surface area contributed by atoms with Gasteiger partial charge in [-0.25, -0.2) is 4.98 Å². The number of aryl methyl sites for hydroxylation is 1. The molecule has 2 atom stereocenters. The van der Waals surface area contributed by atoms with Gasteiger partial charge in [0, 0.05) is 35.3 Å². The van der Waals surface area contributed by atoms with Gasteiger partial charge in [-0.1, -0.05) is 11.6 Å². The molecule has 1 aromatic heterocycles. The van der Waals surface area contributed by atoms with E-state index < -0.39 is 0 Å². The number of nitrogens with zero attached hydrogens (tertiary/aromatic N) is 2. The molecule has 1 aliphatic heterocycles. The SMILES string of the molecule is Cc1cc(C(=O)N[C@@H](C)c2nc3cc(Cl)ccc3[nH]2)ccc1C(=O)N1CCC[C@@H]1CN. The molecular weight excluding hydrogens is 414 g/mol. The number of carbonyl (C=O) groups excluding carboxylic acids is 2. The van der Waals surface area contributed by atoms with Crippen LogP contribution in [0.4, 0.5) is 0 Å². The maximum atomic E-state index is 12.9. The Labute approximate surface area is 186 Å². The van der Waals surface area contributed by atoms with Gasteiger partial charge in [0.15, 0.2) is 0 Å². The molecule has 7 nitrogen and oxygen atoms in total. The van der Waals surface area contributed by atoms with Gasteiger partial charge in [0.25, 0.3) is 11.8 Å². The Hall–Kier alpha value is -2.90. The topological polar surface area (TPSA) is 104 Å². The molecule has 31 heavy (non-hydrogen) atoms. The van der Waals surface area contributed by atoms with Crippen molar-refractivity contribution in [3.05, 3.63) is 63.9 Å². The summed E-state index contributed by atoms with van der Waals surface area (Å²) < 4.78 is 0. The Morgan fingerprint density at radius 3 is 2.87 bits per heavy atom. The molecule has 3 aromatic rings. The maximum Gasteiger partial charge on any atom is 0.254 e. The van der Waals surface area contributed by atoms with Crippen LogP contribution in [0, 0.1) is 6.92 Å². The molecule has 2 amide bonds. The standard InChI is InChI=1S/C23H26ClN5O2/c1-13-10-15(5-7-18(13)23(31)29-9-3-4-17(29)12-25)22(30)26-14(2)21-27-19-8-6-16(24)11-20(19)28-21/h5-8,10-11,14,17H,3-4,9,12,25H2,1-2H3,(H,26,30)(H,27,28)/t14-,17+/m0/s1. The van der Waals surface area contributed by atoms with Crippen molar-refractivity contribution >= 4 is 34.4 Å². The minimum atomic E-state index is -0.324. The van der Waals surface area contributed by atoms with E-state index in [4.69, 9.17) is 17.3 Å². The molecule has 0 radical (unpaired) electrons. The maximum absolute atomic E-state index is 12.9. The summed E-state index contributed by atoms with van der Waals surface area (Å²) in [5.41, 5.74) is 9.29. The largest absolute Gasteiger partial charge is 0.342 e. The Morgan fingerprint density at radius 2 is 2.13 bits per heavy atom. The molecular formula is C23H26ClN5O2. The average Bonchev–Trinajstić information content (AvgIpc) is 3.39. The normalized spacial score (nSPS) is 17.2. The van der Waals surface area contributed by atoms with E-state index in [9.17, 15) is 9.59 Å². The number of halogens is 1. The van der Waals surface area contributed by atoms with Crippen LogP contribution in [0.2, 0.25) is 5.02 Å². The number of nitrogens with one attached hydrogen (secondary N) is 2. The molecule has 0 aliphatic carbocycles. The third-order valence-electron chi connectivity index (χ3n) is 5.85. The zero-order valence-corrected chi connectivity index (χ0v) is 18.4. The number of nitrogens with two attached hydrogens (primary N) is 1. The molecule has 2 aromatic carbocycles. The number of rotatable bonds is 5. The molecule has 8 heteroatoms. The Balaban J connectivity index is 1.48. The van der Waals surface area contributed by atoms with Crippen LogP contribution in [0.5, 0.6) is 0 Å². The first kappa shape index (κ1) is 21.3. The predicted molar refractivity (Wildman–Crippen MR) is 121 cm³/mol. The number of H-pyrrole nitrogens is 1. The number of benzene rings is 2. The highest BCUT2D eigenvalue weighted by atomic mass is 35.5. The lowest BCUT2D eigenvalue weighted by Gasteiger charge is -2.24. The minimum absolute atomic E-state index is 0.0216. The van der Waals surface area contributed by atoms with Crippen molar-refractivity contribution in [3.63, 3.8) is 0 Å². The summed E-state index contributed by atoms with van der Waals surface area (Å²) >= 11 is 6.02. The Morgan fingerprint density at radius 1 is 1.32 bits per heavy atom. The van der Waals surface area contributed by atoms with Crippen molar-refractivity contribution in [2.45, 2.75) is 38.8 Å². The van der Waals surface area contributed by atoms with Gasteiger partial charge in [0.2, 0.25) is 0 Å². The molecule has 1 saturated heterocycles. The summed E-state index contributed by atoms with van der Waals surface area (Å²) in [6.07, 6.45) is 1.91. The first-order valence-corrected chi connectivity index (χ1v) is 10.8. The first-order chi connectivity index (χ1) is 14.9. The third-order valence-corrected chi connectivity index (χ3v) is 6.09. The van der Waals surface area contributed by atoms with E-state index in [0.29, 0.717) is 28.5 Å². The van der Waals surface area contributed by atoms with E-state index >= 15 is 0 Å². The zero-order chi connectivity index (χ0) is 22.1. The van der Waals surface area contributed by atoms with Crippen LogP contribution < -0.4 is 11.1 Å². The quantitative estimate of drug-likeness (QED) is 0.565. The molecule has 4 rings (SSSR count). The number of aromatic amines is 1. The lowest BCUT2D eigenvalue weighted by atomic mass is 10.0. The molecule has 1 aliphatic rings. The number of fused-ring (bicyclic) bond motifs is 1. The van der Waals surface area contributed by atoms with Crippen molar-refractivity contribution < 1.29 is 9.59 Å². The van der Waals surface area contributed by atoms with Gasteiger partial charge in [-0.05, 0) is 68.7 Å². The molecule has 0 spiro atoms. The van der Waals surface area contributed by atoms with Gasteiger partial charge in [0.1, 0.15) is 5.82 Å². The zero-order valence-electron chi connectivity index (χ0n) is 17.6. The van der Waals surface area contributed by atoms with Crippen molar-refractivity contribution in [3.8, 4) is 0 Å². The van der Waals surface area contributed by atoms with E-state index in [2.05, 4.69) is 15.3 Å². The van der Waals surface area contributed by atoms with Crippen molar-refractivity contribution in [2.75, 3.05) is 13.1 Å². The van der Waals surface area contributed by atoms with Crippen LogP contribution >= 0.6 is 11.6 Å². The van der Waals surface area contributed by atoms with Crippen LogP contribution in [0.25, 0.3) is 11.0 Å². The van der Waals surface area contributed by atoms with E-state index in [1.54, 1.807) is 30.3 Å². The highest BCUT2D eigenvalue weighted by Crippen LogP contribution is 2.23. The summed E-state index contributed by atoms with van der Waals surface area (Å²) in [4.78, 5) is 35.3. The van der Waals surface area contributed by atoms with Gasteiger partial charge < -0.3 is 20.9 Å². The number of amides is 2. The van der Waals surface area contributed by atoms with Crippen LogP contribution in [0.1, 0.15) is 57.9 Å². The van der Waals surface area contributed by atoms with Crippen molar-refractivity contribution in [1.82, 2.24) is 20.2 Å². The first-order valence-electron chi connectivity index (χ1n) is 10.4. The summed E-state index contributed by atoms with van der Waals surface area (Å²) in [6.45, 7) is 4.91. The number of hydrogen-bond acceptors (Lipinski definition) is 4. The van der Waals surface area contributed by atoms with E-state index in [1.807, 2.05) is 24.8 Å². The molecule has 0 saturated carbocycles. The fourth-order valence-electron chi connectivity index (χ4n) is 4.10. The van der Waals surface area contributed by atoms with Gasteiger partial charge >= 0.3 is 0 Å². The lowest BCUT2D eigenvalue weighted by molar-refractivity contribution is 0.0739. The lowest BCUT2D eigenvalue weighted by Crippen LogP contribution is -2.40. The second-order valence-electron chi connectivity index (χ2n) is 8.04. The highest BCUT2D eigenvalue weighted by molar-refractivity contribution is 6.31. The summed E-state index contributed by atoms with van der Waals surface area (Å²) in [5.74, 6) is 0.400. The number of imidazole rings is 1. The van der Waals surface area contributed by atoms with Crippen molar-refractivity contribution in [2.24, 2.45) is 5.73 Å². The fourth-order valence-corrected chi connectivity index (χ4v) is 4.27. The van der Waals surface area contributed by atoms with Gasteiger partial charge in [-0.2, -0.15) is 0 Å². The Kier molecular flexibility index (Phi) is 5.98. The van der Waals surface area contributed by atoms with Gasteiger partial charge in [-0.3, -0.25) is 9.59 Å². The molecule has 2 heterocycles. The van der Waals surface area contributed by atoms with Crippen LogP contribution in [0.15, 0.2) is 36.4 Å². The molecule has 0 bridgehead atoms. The third kappa shape index (κ3) is 4.29. The highest BCUT2D eigenvalue weighted by Gasteiger charge is 2.29. The summed E-state index contributed by atoms with van der Waals surface area (Å²) in [6, 6.07) is 10.4. The van der Waals surface area contributed by atoms with E-state index in [1.165, 1.54) is 0 Å². The van der Waals surface area contributed by atoms with Crippen LogP contribution in [-0.2, 0) is 0 Å².